The zero-order chi connectivity index (χ0) is 11.0. The number of rotatable bonds is 2. The standard InChI is InChI=1S/C13H18O3/c14-13(11-3-1-2-6-15-11)16-12-8-9-4-5-10(12)7-9/h4-5,9-12H,1-3,6-8H2. The van der Waals surface area contributed by atoms with Gasteiger partial charge in [0, 0.05) is 12.5 Å². The average Bonchev–Trinajstić information content (AvgIpc) is 2.92. The molecule has 0 radical (unpaired) electrons. The summed E-state index contributed by atoms with van der Waals surface area (Å²) >= 11 is 0. The summed E-state index contributed by atoms with van der Waals surface area (Å²) in [5.41, 5.74) is 0. The first-order valence-electron chi connectivity index (χ1n) is 6.33. The van der Waals surface area contributed by atoms with Gasteiger partial charge in [0.2, 0.25) is 0 Å². The molecule has 0 amide bonds. The van der Waals surface area contributed by atoms with Crippen LogP contribution in [-0.2, 0) is 14.3 Å². The van der Waals surface area contributed by atoms with E-state index >= 15 is 0 Å². The van der Waals surface area contributed by atoms with Gasteiger partial charge in [0.05, 0.1) is 0 Å². The van der Waals surface area contributed by atoms with Crippen LogP contribution in [0.2, 0.25) is 0 Å². The number of allylic oxidation sites excluding steroid dienone is 1. The largest absolute Gasteiger partial charge is 0.460 e. The Morgan fingerprint density at radius 1 is 1.25 bits per heavy atom. The predicted molar refractivity (Wildman–Crippen MR) is 58.8 cm³/mol. The first-order chi connectivity index (χ1) is 7.83. The first kappa shape index (κ1) is 10.3. The summed E-state index contributed by atoms with van der Waals surface area (Å²) in [4.78, 5) is 11.9. The Balaban J connectivity index is 1.54. The van der Waals surface area contributed by atoms with E-state index in [0.717, 1.165) is 25.7 Å². The van der Waals surface area contributed by atoms with Gasteiger partial charge < -0.3 is 9.47 Å². The van der Waals surface area contributed by atoms with E-state index < -0.39 is 0 Å². The number of carbonyl (C=O) groups excluding carboxylic acids is 1. The summed E-state index contributed by atoms with van der Waals surface area (Å²) in [7, 11) is 0. The number of ether oxygens (including phenoxy) is 2. The van der Waals surface area contributed by atoms with Crippen molar-refractivity contribution in [1.82, 2.24) is 0 Å². The van der Waals surface area contributed by atoms with E-state index in [9.17, 15) is 4.79 Å². The summed E-state index contributed by atoms with van der Waals surface area (Å²) < 4.78 is 11.0. The molecule has 2 fully saturated rings. The maximum Gasteiger partial charge on any atom is 0.335 e. The molecule has 4 unspecified atom stereocenters. The summed E-state index contributed by atoms with van der Waals surface area (Å²) in [5.74, 6) is 0.985. The Bertz CT molecular complexity index is 304. The van der Waals surface area contributed by atoms with E-state index in [0.29, 0.717) is 18.4 Å². The lowest BCUT2D eigenvalue weighted by Crippen LogP contribution is -2.34. The maximum atomic E-state index is 11.9. The molecule has 88 valence electrons. The molecule has 16 heavy (non-hydrogen) atoms. The van der Waals surface area contributed by atoms with Gasteiger partial charge in [-0.3, -0.25) is 0 Å². The van der Waals surface area contributed by atoms with Crippen LogP contribution in [0.3, 0.4) is 0 Å². The Hall–Kier alpha value is -0.830. The fourth-order valence-electron chi connectivity index (χ4n) is 3.02. The van der Waals surface area contributed by atoms with Crippen molar-refractivity contribution in [2.24, 2.45) is 11.8 Å². The summed E-state index contributed by atoms with van der Waals surface area (Å²) in [6.07, 6.45) is 9.44. The van der Waals surface area contributed by atoms with E-state index in [4.69, 9.17) is 9.47 Å². The first-order valence-corrected chi connectivity index (χ1v) is 6.33. The molecule has 1 saturated carbocycles. The van der Waals surface area contributed by atoms with Crippen molar-refractivity contribution < 1.29 is 14.3 Å². The quantitative estimate of drug-likeness (QED) is 0.530. The van der Waals surface area contributed by atoms with E-state index in [1.807, 2.05) is 0 Å². The van der Waals surface area contributed by atoms with Crippen molar-refractivity contribution in [2.75, 3.05) is 6.61 Å². The molecular weight excluding hydrogens is 204 g/mol. The van der Waals surface area contributed by atoms with E-state index in [1.54, 1.807) is 0 Å². The van der Waals surface area contributed by atoms with Crippen molar-refractivity contribution in [3.05, 3.63) is 12.2 Å². The molecule has 2 aliphatic carbocycles. The lowest BCUT2D eigenvalue weighted by Gasteiger charge is -2.25. The van der Waals surface area contributed by atoms with Crippen molar-refractivity contribution >= 4 is 5.97 Å². The molecule has 4 atom stereocenters. The number of fused-ring (bicyclic) bond motifs is 2. The zero-order valence-electron chi connectivity index (χ0n) is 9.43. The number of carbonyl (C=O) groups is 1. The second-order valence-electron chi connectivity index (χ2n) is 5.11. The topological polar surface area (TPSA) is 35.5 Å². The van der Waals surface area contributed by atoms with Gasteiger partial charge in [-0.05, 0) is 38.0 Å². The van der Waals surface area contributed by atoms with Gasteiger partial charge in [-0.1, -0.05) is 12.2 Å². The molecule has 0 spiro atoms. The molecule has 0 N–H and O–H groups in total. The third kappa shape index (κ3) is 1.88. The second kappa shape index (κ2) is 4.21. The van der Waals surface area contributed by atoms with Gasteiger partial charge in [-0.15, -0.1) is 0 Å². The molecule has 0 aromatic carbocycles. The number of hydrogen-bond donors (Lipinski definition) is 0. The smallest absolute Gasteiger partial charge is 0.335 e. The monoisotopic (exact) mass is 222 g/mol. The number of esters is 1. The van der Waals surface area contributed by atoms with Crippen LogP contribution in [0.15, 0.2) is 12.2 Å². The highest BCUT2D eigenvalue weighted by atomic mass is 16.6. The van der Waals surface area contributed by atoms with Crippen LogP contribution in [-0.4, -0.2) is 24.8 Å². The Kier molecular flexibility index (Phi) is 2.72. The van der Waals surface area contributed by atoms with Crippen molar-refractivity contribution in [2.45, 2.75) is 44.3 Å². The molecule has 2 bridgehead atoms. The minimum Gasteiger partial charge on any atom is -0.460 e. The molecule has 1 aliphatic heterocycles. The molecule has 3 nitrogen and oxygen atoms in total. The molecule has 3 heteroatoms. The third-order valence-corrected chi connectivity index (χ3v) is 3.93. The van der Waals surface area contributed by atoms with Crippen molar-refractivity contribution in [3.8, 4) is 0 Å². The lowest BCUT2D eigenvalue weighted by atomic mass is 10.0. The highest BCUT2D eigenvalue weighted by molar-refractivity contribution is 5.75. The normalized spacial score (nSPS) is 41.2. The van der Waals surface area contributed by atoms with Gasteiger partial charge >= 0.3 is 5.97 Å². The molecule has 1 heterocycles. The fraction of sp³-hybridized carbons (Fsp3) is 0.769. The van der Waals surface area contributed by atoms with Crippen LogP contribution in [0.1, 0.15) is 32.1 Å². The van der Waals surface area contributed by atoms with Crippen LogP contribution in [0, 0.1) is 11.8 Å². The van der Waals surface area contributed by atoms with Gasteiger partial charge in [0.1, 0.15) is 6.10 Å². The van der Waals surface area contributed by atoms with Crippen LogP contribution >= 0.6 is 0 Å². The molecule has 3 rings (SSSR count). The van der Waals surface area contributed by atoms with Crippen LogP contribution in [0.25, 0.3) is 0 Å². The molecule has 0 aromatic heterocycles. The maximum absolute atomic E-state index is 11.9. The van der Waals surface area contributed by atoms with Crippen LogP contribution in [0.5, 0.6) is 0 Å². The Labute approximate surface area is 95.8 Å². The minimum absolute atomic E-state index is 0.119. The van der Waals surface area contributed by atoms with E-state index in [1.165, 1.54) is 6.42 Å². The highest BCUT2D eigenvalue weighted by Crippen LogP contribution is 2.40. The SMILES string of the molecule is O=C(OC1CC2C=CC1C2)C1CCCCO1. The van der Waals surface area contributed by atoms with Crippen molar-refractivity contribution in [3.63, 3.8) is 0 Å². The van der Waals surface area contributed by atoms with Gasteiger partial charge in [-0.25, -0.2) is 4.79 Å². The lowest BCUT2D eigenvalue weighted by molar-refractivity contribution is -0.166. The van der Waals surface area contributed by atoms with Crippen LogP contribution in [0.4, 0.5) is 0 Å². The molecular formula is C13H18O3. The highest BCUT2D eigenvalue weighted by Gasteiger charge is 2.39. The fourth-order valence-corrected chi connectivity index (χ4v) is 3.02. The van der Waals surface area contributed by atoms with Crippen molar-refractivity contribution in [1.29, 1.82) is 0 Å². The summed E-state index contributed by atoms with van der Waals surface area (Å²) in [6.45, 7) is 0.705. The van der Waals surface area contributed by atoms with E-state index in [-0.39, 0.29) is 18.2 Å². The molecule has 1 saturated heterocycles. The molecule has 0 aromatic rings. The van der Waals surface area contributed by atoms with Gasteiger partial charge in [0.25, 0.3) is 0 Å². The second-order valence-corrected chi connectivity index (χ2v) is 5.11. The molecule has 3 aliphatic rings. The Morgan fingerprint density at radius 2 is 2.19 bits per heavy atom. The Morgan fingerprint density at radius 3 is 2.81 bits per heavy atom. The van der Waals surface area contributed by atoms with Crippen LogP contribution < -0.4 is 0 Å². The van der Waals surface area contributed by atoms with Gasteiger partial charge in [0.15, 0.2) is 6.10 Å². The third-order valence-electron chi connectivity index (χ3n) is 3.93. The average molecular weight is 222 g/mol. The minimum atomic E-state index is -0.295. The number of hydrogen-bond acceptors (Lipinski definition) is 3. The summed E-state index contributed by atoms with van der Waals surface area (Å²) in [6, 6.07) is 0. The van der Waals surface area contributed by atoms with Gasteiger partial charge in [-0.2, -0.15) is 0 Å². The predicted octanol–water partition coefficient (Wildman–Crippen LogP) is 2.06. The summed E-state index contributed by atoms with van der Waals surface area (Å²) in [5, 5.41) is 0. The van der Waals surface area contributed by atoms with E-state index in [2.05, 4.69) is 12.2 Å². The zero-order valence-corrected chi connectivity index (χ0v) is 9.43.